The first-order valence-corrected chi connectivity index (χ1v) is 11.2. The lowest BCUT2D eigenvalue weighted by Gasteiger charge is -2.25. The highest BCUT2D eigenvalue weighted by molar-refractivity contribution is 7.99. The summed E-state index contributed by atoms with van der Waals surface area (Å²) in [6.07, 6.45) is 0. The number of carbonyl (C=O) groups excluding carboxylic acids is 1. The molecule has 32 heavy (non-hydrogen) atoms. The highest BCUT2D eigenvalue weighted by atomic mass is 32.2. The minimum absolute atomic E-state index is 0.0640. The first-order chi connectivity index (χ1) is 15.5. The lowest BCUT2D eigenvalue weighted by atomic mass is 10.1. The lowest BCUT2D eigenvalue weighted by molar-refractivity contribution is 0.0982. The van der Waals surface area contributed by atoms with Gasteiger partial charge in [-0.1, -0.05) is 49.4 Å². The Bertz CT molecular complexity index is 1190. The van der Waals surface area contributed by atoms with Gasteiger partial charge in [0.15, 0.2) is 5.69 Å². The number of benzene rings is 2. The summed E-state index contributed by atoms with van der Waals surface area (Å²) < 4.78 is 6.26. The Labute approximate surface area is 190 Å². The van der Waals surface area contributed by atoms with Gasteiger partial charge in [-0.25, -0.2) is 4.79 Å². The zero-order chi connectivity index (χ0) is 23.1. The van der Waals surface area contributed by atoms with Crippen LogP contribution in [0.5, 0.6) is 0 Å². The number of nitrogens with one attached hydrogen (secondary N) is 1. The topological polar surface area (TPSA) is 110 Å². The summed E-state index contributed by atoms with van der Waals surface area (Å²) in [5.74, 6) is 0.327. The van der Waals surface area contributed by atoms with Gasteiger partial charge in [-0.2, -0.15) is 0 Å². The summed E-state index contributed by atoms with van der Waals surface area (Å²) in [5.41, 5.74) is 6.13. The monoisotopic (exact) mass is 454 g/mol. The molecule has 3 N–H and O–H groups in total. The van der Waals surface area contributed by atoms with Crippen LogP contribution in [0, 0.1) is 0 Å². The molecule has 0 fully saturated rings. The van der Waals surface area contributed by atoms with Gasteiger partial charge in [0.05, 0.1) is 25.3 Å². The molecular weight excluding hydrogens is 428 g/mol. The van der Waals surface area contributed by atoms with E-state index in [0.717, 1.165) is 16.2 Å². The molecule has 1 heterocycles. The second kappa shape index (κ2) is 10.8. The van der Waals surface area contributed by atoms with Crippen LogP contribution in [-0.2, 0) is 17.8 Å². The van der Waals surface area contributed by atoms with Gasteiger partial charge >= 0.3 is 5.69 Å². The van der Waals surface area contributed by atoms with Crippen LogP contribution in [0.4, 0.5) is 11.5 Å². The number of amides is 1. The average Bonchev–Trinajstić information content (AvgIpc) is 2.79. The Morgan fingerprint density at radius 2 is 1.81 bits per heavy atom. The maximum Gasteiger partial charge on any atom is 0.330 e. The molecule has 0 bridgehead atoms. The number of ether oxygens (including phenoxy) is 1. The lowest BCUT2D eigenvalue weighted by Crippen LogP contribution is -2.41. The zero-order valence-corrected chi connectivity index (χ0v) is 18.9. The molecular formula is C23H26N4O4S. The molecule has 0 saturated carbocycles. The van der Waals surface area contributed by atoms with Crippen LogP contribution < -0.4 is 21.9 Å². The van der Waals surface area contributed by atoms with Gasteiger partial charge in [-0.3, -0.25) is 24.0 Å². The summed E-state index contributed by atoms with van der Waals surface area (Å²) in [7, 11) is 1.50. The zero-order valence-electron chi connectivity index (χ0n) is 18.0. The van der Waals surface area contributed by atoms with Gasteiger partial charge < -0.3 is 10.5 Å². The summed E-state index contributed by atoms with van der Waals surface area (Å²) >= 11 is 1.54. The average molecular weight is 455 g/mol. The Balaban J connectivity index is 2.18. The largest absolute Gasteiger partial charge is 0.383 e. The third-order valence-corrected chi connectivity index (χ3v) is 5.80. The molecule has 0 aliphatic heterocycles. The fourth-order valence-corrected chi connectivity index (χ4v) is 4.13. The van der Waals surface area contributed by atoms with Crippen molar-refractivity contribution in [3.63, 3.8) is 0 Å². The highest BCUT2D eigenvalue weighted by Gasteiger charge is 2.27. The van der Waals surface area contributed by atoms with E-state index in [1.165, 1.54) is 28.3 Å². The predicted molar refractivity (Wildman–Crippen MR) is 127 cm³/mol. The number of nitrogen functional groups attached to an aromatic ring is 1. The number of nitrogens with zero attached hydrogens (tertiary/aromatic N) is 2. The molecule has 0 unspecified atom stereocenters. The van der Waals surface area contributed by atoms with Crippen LogP contribution in [-0.4, -0.2) is 34.9 Å². The number of thioether (sulfide) groups is 1. The van der Waals surface area contributed by atoms with E-state index in [1.54, 1.807) is 12.1 Å². The molecule has 9 heteroatoms. The molecule has 8 nitrogen and oxygen atoms in total. The Kier molecular flexibility index (Phi) is 7.91. The Hall–Kier alpha value is -3.30. The number of anilines is 2. The van der Waals surface area contributed by atoms with Crippen molar-refractivity contribution in [2.45, 2.75) is 24.9 Å². The van der Waals surface area contributed by atoms with Crippen molar-refractivity contribution in [1.82, 2.24) is 9.55 Å². The quantitative estimate of drug-likeness (QED) is 0.481. The molecule has 168 valence electrons. The van der Waals surface area contributed by atoms with E-state index in [9.17, 15) is 14.4 Å². The van der Waals surface area contributed by atoms with E-state index in [1.807, 2.05) is 49.4 Å². The first-order valence-electron chi connectivity index (χ1n) is 10.2. The number of hydrogen-bond donors (Lipinski definition) is 2. The fourth-order valence-electron chi connectivity index (χ4n) is 3.33. The number of hydrogen-bond acceptors (Lipinski definition) is 6. The standard InChI is InChI=1S/C23H26N4O4S/c1-3-32-18-12-8-7-11-17(18)22(29)27(15-16-9-5-4-6-10-16)19-20(24)26(13-14-31-2)23(30)25-21(19)28/h4-12H,3,13-15,24H2,1-2H3,(H,25,28,30). The summed E-state index contributed by atoms with van der Waals surface area (Å²) in [6.45, 7) is 2.47. The molecule has 0 aliphatic carbocycles. The number of carbonyl (C=O) groups is 1. The van der Waals surface area contributed by atoms with Gasteiger partial charge in [0.2, 0.25) is 0 Å². The van der Waals surface area contributed by atoms with Crippen LogP contribution in [0.2, 0.25) is 0 Å². The summed E-state index contributed by atoms with van der Waals surface area (Å²) in [4.78, 5) is 43.4. The summed E-state index contributed by atoms with van der Waals surface area (Å²) in [6, 6.07) is 16.5. The normalized spacial score (nSPS) is 10.8. The van der Waals surface area contributed by atoms with E-state index < -0.39 is 11.2 Å². The van der Waals surface area contributed by atoms with E-state index in [0.29, 0.717) is 5.56 Å². The van der Waals surface area contributed by atoms with Gasteiger partial charge in [0.1, 0.15) is 5.82 Å². The van der Waals surface area contributed by atoms with Gasteiger partial charge in [-0.15, -0.1) is 11.8 Å². The SMILES string of the molecule is CCSc1ccccc1C(=O)N(Cc1ccccc1)c1c(N)n(CCOC)c(=O)[nH]c1=O. The Morgan fingerprint density at radius 3 is 2.50 bits per heavy atom. The number of rotatable bonds is 9. The van der Waals surface area contributed by atoms with Gasteiger partial charge in [0, 0.05) is 12.0 Å². The molecule has 0 spiro atoms. The van der Waals surface area contributed by atoms with Crippen molar-refractivity contribution in [2.24, 2.45) is 0 Å². The van der Waals surface area contributed by atoms with Crippen molar-refractivity contribution < 1.29 is 9.53 Å². The minimum Gasteiger partial charge on any atom is -0.383 e. The smallest absolute Gasteiger partial charge is 0.330 e. The number of aromatic nitrogens is 2. The van der Waals surface area contributed by atoms with Crippen molar-refractivity contribution in [2.75, 3.05) is 30.1 Å². The third kappa shape index (κ3) is 5.12. The minimum atomic E-state index is -0.717. The fraction of sp³-hybridized carbons (Fsp3) is 0.261. The van der Waals surface area contributed by atoms with Crippen molar-refractivity contribution in [3.8, 4) is 0 Å². The Morgan fingerprint density at radius 1 is 1.12 bits per heavy atom. The van der Waals surface area contributed by atoms with Crippen molar-refractivity contribution >= 4 is 29.2 Å². The molecule has 0 saturated heterocycles. The maximum atomic E-state index is 13.8. The van der Waals surface area contributed by atoms with E-state index >= 15 is 0 Å². The van der Waals surface area contributed by atoms with Crippen molar-refractivity contribution in [3.05, 3.63) is 86.6 Å². The second-order valence-electron chi connectivity index (χ2n) is 6.94. The van der Waals surface area contributed by atoms with Crippen LogP contribution in [0.3, 0.4) is 0 Å². The highest BCUT2D eigenvalue weighted by Crippen LogP contribution is 2.27. The number of aromatic amines is 1. The first kappa shape index (κ1) is 23.4. The van der Waals surface area contributed by atoms with Gasteiger partial charge in [-0.05, 0) is 23.4 Å². The third-order valence-electron chi connectivity index (χ3n) is 4.85. The van der Waals surface area contributed by atoms with E-state index in [-0.39, 0.29) is 37.1 Å². The van der Waals surface area contributed by atoms with Crippen LogP contribution in [0.1, 0.15) is 22.8 Å². The molecule has 3 rings (SSSR count). The molecule has 1 amide bonds. The van der Waals surface area contributed by atoms with Crippen LogP contribution in [0.15, 0.2) is 69.1 Å². The predicted octanol–water partition coefficient (Wildman–Crippen LogP) is 2.72. The van der Waals surface area contributed by atoms with Crippen LogP contribution in [0.25, 0.3) is 0 Å². The maximum absolute atomic E-state index is 13.8. The molecule has 0 aliphatic rings. The summed E-state index contributed by atoms with van der Waals surface area (Å²) in [5, 5.41) is 0. The number of methoxy groups -OCH3 is 1. The molecule has 3 aromatic rings. The van der Waals surface area contributed by atoms with E-state index in [4.69, 9.17) is 10.5 Å². The second-order valence-corrected chi connectivity index (χ2v) is 8.25. The molecule has 0 radical (unpaired) electrons. The van der Waals surface area contributed by atoms with E-state index in [2.05, 4.69) is 4.98 Å². The van der Waals surface area contributed by atoms with Gasteiger partial charge in [0.25, 0.3) is 11.5 Å². The molecule has 1 aromatic heterocycles. The number of H-pyrrole nitrogens is 1. The van der Waals surface area contributed by atoms with Crippen molar-refractivity contribution in [1.29, 1.82) is 0 Å². The molecule has 2 aromatic carbocycles. The number of nitrogens with two attached hydrogens (primary N) is 1. The molecule has 0 atom stereocenters. The van der Waals surface area contributed by atoms with Crippen LogP contribution >= 0.6 is 11.8 Å².